The molecule has 2 nitrogen and oxygen atoms in total. The van der Waals surface area contributed by atoms with E-state index in [1.54, 1.807) is 0 Å². The van der Waals surface area contributed by atoms with E-state index in [9.17, 15) is 0 Å². The Morgan fingerprint density at radius 1 is 1.29 bits per heavy atom. The molecule has 1 heterocycles. The molecule has 2 heteroatoms. The third kappa shape index (κ3) is 1.07. The first-order chi connectivity index (χ1) is 6.84. The summed E-state index contributed by atoms with van der Waals surface area (Å²) < 4.78 is 5.63. The predicted molar refractivity (Wildman–Crippen MR) is 53.4 cm³/mol. The summed E-state index contributed by atoms with van der Waals surface area (Å²) >= 11 is 0. The van der Waals surface area contributed by atoms with Crippen molar-refractivity contribution in [3.63, 3.8) is 0 Å². The van der Waals surface area contributed by atoms with Crippen molar-refractivity contribution in [3.8, 4) is 5.75 Å². The summed E-state index contributed by atoms with van der Waals surface area (Å²) in [6.07, 6.45) is 3.78. The van der Waals surface area contributed by atoms with Crippen molar-refractivity contribution >= 4 is 0 Å². The second kappa shape index (κ2) is 2.74. The van der Waals surface area contributed by atoms with E-state index >= 15 is 0 Å². The lowest BCUT2D eigenvalue weighted by atomic mass is 9.89. The van der Waals surface area contributed by atoms with Gasteiger partial charge < -0.3 is 9.84 Å². The minimum atomic E-state index is 0.101. The van der Waals surface area contributed by atoms with Crippen LogP contribution in [-0.4, -0.2) is 11.7 Å². The zero-order valence-electron chi connectivity index (χ0n) is 8.12. The number of ether oxygens (including phenoxy) is 1. The van der Waals surface area contributed by atoms with Gasteiger partial charge in [0.25, 0.3) is 0 Å². The van der Waals surface area contributed by atoms with Crippen LogP contribution in [0.5, 0.6) is 5.75 Å². The van der Waals surface area contributed by atoms with E-state index in [0.29, 0.717) is 5.41 Å². The van der Waals surface area contributed by atoms with E-state index in [1.807, 2.05) is 12.1 Å². The van der Waals surface area contributed by atoms with Gasteiger partial charge in [0.05, 0.1) is 13.2 Å². The Balaban J connectivity index is 2.07. The molecule has 1 aliphatic carbocycles. The highest BCUT2D eigenvalue weighted by Gasteiger charge is 2.47. The Labute approximate surface area is 83.5 Å². The highest BCUT2D eigenvalue weighted by atomic mass is 16.5. The molecule has 1 aromatic carbocycles. The van der Waals surface area contributed by atoms with Gasteiger partial charge in [-0.05, 0) is 30.9 Å². The largest absolute Gasteiger partial charge is 0.493 e. The monoisotopic (exact) mass is 190 g/mol. The van der Waals surface area contributed by atoms with Gasteiger partial charge in [-0.15, -0.1) is 0 Å². The second-order valence-corrected chi connectivity index (χ2v) is 4.37. The number of hydrogen-bond acceptors (Lipinski definition) is 2. The lowest BCUT2D eigenvalue weighted by Gasteiger charge is -2.25. The molecule has 0 unspecified atom stereocenters. The zero-order chi connectivity index (χ0) is 9.60. The molecule has 74 valence electrons. The molecule has 3 rings (SSSR count). The average Bonchev–Trinajstić information content (AvgIpc) is 2.99. The minimum absolute atomic E-state index is 0.101. The van der Waals surface area contributed by atoms with E-state index in [1.165, 1.54) is 24.8 Å². The van der Waals surface area contributed by atoms with Crippen molar-refractivity contribution in [2.75, 3.05) is 6.61 Å². The molecule has 0 atom stereocenters. The molecule has 14 heavy (non-hydrogen) atoms. The predicted octanol–water partition coefficient (Wildman–Crippen LogP) is 1.99. The van der Waals surface area contributed by atoms with Gasteiger partial charge in [-0.25, -0.2) is 0 Å². The topological polar surface area (TPSA) is 29.5 Å². The van der Waals surface area contributed by atoms with Gasteiger partial charge in [0.1, 0.15) is 5.75 Å². The first-order valence-electron chi connectivity index (χ1n) is 5.21. The van der Waals surface area contributed by atoms with Gasteiger partial charge in [0.2, 0.25) is 0 Å². The van der Waals surface area contributed by atoms with Crippen LogP contribution in [0.4, 0.5) is 0 Å². The van der Waals surface area contributed by atoms with Gasteiger partial charge in [0.15, 0.2) is 0 Å². The summed E-state index contributed by atoms with van der Waals surface area (Å²) in [6.45, 7) is 0.936. The van der Waals surface area contributed by atoms with Crippen LogP contribution in [0.25, 0.3) is 0 Å². The lowest BCUT2D eigenvalue weighted by molar-refractivity contribution is 0.256. The summed E-state index contributed by atoms with van der Waals surface area (Å²) in [4.78, 5) is 0. The van der Waals surface area contributed by atoms with Crippen LogP contribution in [0.2, 0.25) is 0 Å². The first-order valence-corrected chi connectivity index (χ1v) is 5.21. The highest BCUT2D eigenvalue weighted by molar-refractivity contribution is 5.46. The molecule has 1 aromatic rings. The first kappa shape index (κ1) is 8.30. The lowest BCUT2D eigenvalue weighted by Crippen LogP contribution is -2.19. The molecular weight excluding hydrogens is 176 g/mol. The van der Waals surface area contributed by atoms with E-state index in [0.717, 1.165) is 17.9 Å². The Bertz CT molecular complexity index is 367. The number of rotatable bonds is 1. The standard InChI is InChI=1S/C12H14O2/c13-8-9-1-2-10-11(7-9)14-6-5-12(10)3-4-12/h1-2,7,13H,3-6,8H2. The van der Waals surface area contributed by atoms with Crippen molar-refractivity contribution in [1.82, 2.24) is 0 Å². The van der Waals surface area contributed by atoms with Gasteiger partial charge >= 0.3 is 0 Å². The van der Waals surface area contributed by atoms with Crippen molar-refractivity contribution in [2.45, 2.75) is 31.3 Å². The van der Waals surface area contributed by atoms with Crippen molar-refractivity contribution in [1.29, 1.82) is 0 Å². The zero-order valence-corrected chi connectivity index (χ0v) is 8.12. The molecule has 1 saturated carbocycles. The normalized spacial score (nSPS) is 21.5. The fourth-order valence-corrected chi connectivity index (χ4v) is 2.38. The van der Waals surface area contributed by atoms with Gasteiger partial charge in [-0.3, -0.25) is 0 Å². The number of benzene rings is 1. The molecule has 1 aliphatic heterocycles. The van der Waals surface area contributed by atoms with Gasteiger partial charge in [-0.2, -0.15) is 0 Å². The molecule has 0 bridgehead atoms. The molecule has 1 fully saturated rings. The van der Waals surface area contributed by atoms with E-state index in [4.69, 9.17) is 9.84 Å². The van der Waals surface area contributed by atoms with Crippen LogP contribution in [0, 0.1) is 0 Å². The van der Waals surface area contributed by atoms with Gasteiger partial charge in [-0.1, -0.05) is 12.1 Å². The quantitative estimate of drug-likeness (QED) is 0.733. The fraction of sp³-hybridized carbons (Fsp3) is 0.500. The second-order valence-electron chi connectivity index (χ2n) is 4.37. The molecule has 0 amide bonds. The molecule has 1 N–H and O–H groups in total. The smallest absolute Gasteiger partial charge is 0.123 e. The highest BCUT2D eigenvalue weighted by Crippen LogP contribution is 2.55. The van der Waals surface area contributed by atoms with Crippen LogP contribution in [0.1, 0.15) is 30.4 Å². The number of aliphatic hydroxyl groups is 1. The molecule has 1 spiro atoms. The summed E-state index contributed by atoms with van der Waals surface area (Å²) in [5, 5.41) is 9.03. The van der Waals surface area contributed by atoms with E-state index in [-0.39, 0.29) is 6.61 Å². The molecule has 0 saturated heterocycles. The van der Waals surface area contributed by atoms with Crippen molar-refractivity contribution < 1.29 is 9.84 Å². The SMILES string of the molecule is OCc1ccc2c(c1)OCCC21CC1. The minimum Gasteiger partial charge on any atom is -0.493 e. The summed E-state index contributed by atoms with van der Waals surface area (Å²) in [5.74, 6) is 1.00. The van der Waals surface area contributed by atoms with Crippen molar-refractivity contribution in [2.24, 2.45) is 0 Å². The molecular formula is C12H14O2. The Hall–Kier alpha value is -1.02. The Kier molecular flexibility index (Phi) is 1.62. The van der Waals surface area contributed by atoms with Crippen LogP contribution >= 0.6 is 0 Å². The van der Waals surface area contributed by atoms with Crippen LogP contribution < -0.4 is 4.74 Å². The van der Waals surface area contributed by atoms with E-state index in [2.05, 4.69) is 6.07 Å². The summed E-state index contributed by atoms with van der Waals surface area (Å²) in [7, 11) is 0. The number of hydrogen-bond donors (Lipinski definition) is 1. The molecule has 0 radical (unpaired) electrons. The van der Waals surface area contributed by atoms with Crippen LogP contribution in [0.15, 0.2) is 18.2 Å². The maximum absolute atomic E-state index is 9.03. The maximum Gasteiger partial charge on any atom is 0.123 e. The molecule has 2 aliphatic rings. The molecule has 0 aromatic heterocycles. The Morgan fingerprint density at radius 3 is 2.86 bits per heavy atom. The third-order valence-corrected chi connectivity index (χ3v) is 3.49. The van der Waals surface area contributed by atoms with Crippen LogP contribution in [0.3, 0.4) is 0 Å². The van der Waals surface area contributed by atoms with E-state index < -0.39 is 0 Å². The fourth-order valence-electron chi connectivity index (χ4n) is 2.38. The number of fused-ring (bicyclic) bond motifs is 2. The average molecular weight is 190 g/mol. The van der Waals surface area contributed by atoms with Gasteiger partial charge in [0, 0.05) is 11.0 Å². The summed E-state index contributed by atoms with van der Waals surface area (Å²) in [6, 6.07) is 6.12. The third-order valence-electron chi connectivity index (χ3n) is 3.49. The summed E-state index contributed by atoms with van der Waals surface area (Å²) in [5.41, 5.74) is 2.75. The maximum atomic E-state index is 9.03. The number of aliphatic hydroxyl groups excluding tert-OH is 1. The Morgan fingerprint density at radius 2 is 2.14 bits per heavy atom. The van der Waals surface area contributed by atoms with Crippen LogP contribution in [-0.2, 0) is 12.0 Å². The van der Waals surface area contributed by atoms with Crippen molar-refractivity contribution in [3.05, 3.63) is 29.3 Å².